The summed E-state index contributed by atoms with van der Waals surface area (Å²) in [5.41, 5.74) is 1.57. The van der Waals surface area contributed by atoms with Gasteiger partial charge in [0.15, 0.2) is 10.9 Å². The number of rotatable bonds is 11. The van der Waals surface area contributed by atoms with Gasteiger partial charge in [0, 0.05) is 30.6 Å². The highest BCUT2D eigenvalue weighted by Gasteiger charge is 2.58. The summed E-state index contributed by atoms with van der Waals surface area (Å²) in [6.45, 7) is 2.46. The average Bonchev–Trinajstić information content (AvgIpc) is 3.22. The molecule has 2 aliphatic rings. The van der Waals surface area contributed by atoms with E-state index in [-0.39, 0.29) is 47.0 Å². The van der Waals surface area contributed by atoms with Crippen molar-refractivity contribution in [2.75, 3.05) is 33.4 Å². The number of likely N-dealkylation sites (tertiary alicyclic amines) is 1. The fraction of sp³-hybridized carbons (Fsp3) is 0.481. The van der Waals surface area contributed by atoms with Crippen LogP contribution in [0.25, 0.3) is 11.4 Å². The molecule has 1 aliphatic carbocycles. The third kappa shape index (κ3) is 5.98. The quantitative estimate of drug-likeness (QED) is 0.272. The van der Waals surface area contributed by atoms with Gasteiger partial charge in [-0.2, -0.15) is 0 Å². The van der Waals surface area contributed by atoms with Crippen molar-refractivity contribution in [3.8, 4) is 11.4 Å². The Morgan fingerprint density at radius 2 is 2.05 bits per heavy atom. The van der Waals surface area contributed by atoms with Gasteiger partial charge in [-0.3, -0.25) is 9.59 Å². The number of carbonyl (C=O) groups excluding carboxylic acids is 2. The van der Waals surface area contributed by atoms with Crippen LogP contribution >= 0.6 is 11.6 Å². The van der Waals surface area contributed by atoms with Crippen LogP contribution in [-0.4, -0.2) is 65.1 Å². The summed E-state index contributed by atoms with van der Waals surface area (Å²) in [5.74, 6) is -0.0412. The summed E-state index contributed by atoms with van der Waals surface area (Å²) in [7, 11) is 2.11. The van der Waals surface area contributed by atoms with Crippen molar-refractivity contribution >= 4 is 23.3 Å². The monoisotopic (exact) mass is 543 g/mol. The van der Waals surface area contributed by atoms with E-state index in [1.54, 1.807) is 12.1 Å². The fourth-order valence-corrected chi connectivity index (χ4v) is 5.43. The predicted octanol–water partition coefficient (Wildman–Crippen LogP) is 4.43. The summed E-state index contributed by atoms with van der Waals surface area (Å²) in [5, 5.41) is 7.00. The second-order valence-corrected chi connectivity index (χ2v) is 10.6. The number of benzene rings is 1. The maximum absolute atomic E-state index is 13.4. The van der Waals surface area contributed by atoms with E-state index in [2.05, 4.69) is 32.4 Å². The summed E-state index contributed by atoms with van der Waals surface area (Å²) >= 11 is 6.51. The zero-order valence-electron chi connectivity index (χ0n) is 21.2. The number of Topliss-reactive ketones (excluding diaryl/α,β-unsaturated/α-hetero) is 1. The van der Waals surface area contributed by atoms with Gasteiger partial charge < -0.3 is 24.5 Å². The SMILES string of the molecule is CN1CCC2(CC1)CC2C(=O)NC(COCCCC(=O)c1ccon1)c1[nH]c(-c2ccc(F)cc2)nc1Cl. The fourth-order valence-electron chi connectivity index (χ4n) is 5.17. The molecule has 2 atom stereocenters. The first-order valence-corrected chi connectivity index (χ1v) is 13.2. The molecule has 3 heterocycles. The summed E-state index contributed by atoms with van der Waals surface area (Å²) in [6, 6.07) is 6.89. The number of halogens is 2. The van der Waals surface area contributed by atoms with E-state index in [4.69, 9.17) is 20.9 Å². The van der Waals surface area contributed by atoms with Crippen molar-refractivity contribution < 1.29 is 23.2 Å². The molecule has 1 aliphatic heterocycles. The second kappa shape index (κ2) is 11.3. The van der Waals surface area contributed by atoms with Crippen LogP contribution in [0.15, 0.2) is 41.1 Å². The number of ketones is 1. The lowest BCUT2D eigenvalue weighted by Crippen LogP contribution is -2.37. The second-order valence-electron chi connectivity index (χ2n) is 10.3. The molecule has 2 aromatic heterocycles. The normalized spacial score (nSPS) is 19.4. The Morgan fingerprint density at radius 3 is 2.76 bits per heavy atom. The van der Waals surface area contributed by atoms with E-state index in [1.165, 1.54) is 24.5 Å². The molecule has 1 spiro atoms. The Kier molecular flexibility index (Phi) is 7.92. The van der Waals surface area contributed by atoms with Gasteiger partial charge in [-0.1, -0.05) is 16.8 Å². The third-order valence-corrected chi connectivity index (χ3v) is 7.95. The minimum absolute atomic E-state index is 0.0154. The van der Waals surface area contributed by atoms with Crippen LogP contribution in [-0.2, 0) is 9.53 Å². The molecule has 9 nitrogen and oxygen atoms in total. The Labute approximate surface area is 225 Å². The number of nitrogens with one attached hydrogen (secondary N) is 2. The lowest BCUT2D eigenvalue weighted by Gasteiger charge is -2.30. The molecule has 2 N–H and O–H groups in total. The van der Waals surface area contributed by atoms with E-state index in [1.807, 2.05) is 0 Å². The molecule has 1 amide bonds. The minimum atomic E-state index is -0.563. The number of hydrogen-bond acceptors (Lipinski definition) is 7. The molecule has 2 unspecified atom stereocenters. The van der Waals surface area contributed by atoms with Crippen molar-refractivity contribution in [1.29, 1.82) is 0 Å². The zero-order valence-corrected chi connectivity index (χ0v) is 22.0. The molecule has 202 valence electrons. The van der Waals surface area contributed by atoms with Crippen LogP contribution in [0.2, 0.25) is 5.15 Å². The van der Waals surface area contributed by atoms with E-state index >= 15 is 0 Å². The van der Waals surface area contributed by atoms with Gasteiger partial charge in [0.25, 0.3) is 0 Å². The predicted molar refractivity (Wildman–Crippen MR) is 138 cm³/mol. The highest BCUT2D eigenvalue weighted by atomic mass is 35.5. The average molecular weight is 544 g/mol. The molecular weight excluding hydrogens is 513 g/mol. The maximum atomic E-state index is 13.4. The van der Waals surface area contributed by atoms with Gasteiger partial charge in [-0.05, 0) is 75.5 Å². The van der Waals surface area contributed by atoms with E-state index in [0.29, 0.717) is 35.8 Å². The van der Waals surface area contributed by atoms with Crippen molar-refractivity contribution in [3.63, 3.8) is 0 Å². The highest BCUT2D eigenvalue weighted by molar-refractivity contribution is 6.30. The van der Waals surface area contributed by atoms with Crippen LogP contribution in [0.3, 0.4) is 0 Å². The van der Waals surface area contributed by atoms with Gasteiger partial charge >= 0.3 is 0 Å². The van der Waals surface area contributed by atoms with Crippen LogP contribution < -0.4 is 5.32 Å². The first-order valence-electron chi connectivity index (χ1n) is 12.9. The molecule has 1 saturated carbocycles. The molecule has 5 rings (SSSR count). The van der Waals surface area contributed by atoms with Crippen molar-refractivity contribution in [2.24, 2.45) is 11.3 Å². The number of amides is 1. The summed E-state index contributed by atoms with van der Waals surface area (Å²) in [4.78, 5) is 35.3. The topological polar surface area (TPSA) is 113 Å². The van der Waals surface area contributed by atoms with Crippen LogP contribution in [0.5, 0.6) is 0 Å². The number of aromatic nitrogens is 3. The number of aromatic amines is 1. The number of carbonyl (C=O) groups is 2. The molecule has 1 saturated heterocycles. The van der Waals surface area contributed by atoms with Crippen molar-refractivity contribution in [2.45, 2.75) is 38.1 Å². The van der Waals surface area contributed by atoms with E-state index in [9.17, 15) is 14.0 Å². The van der Waals surface area contributed by atoms with E-state index in [0.717, 1.165) is 32.4 Å². The van der Waals surface area contributed by atoms with Crippen molar-refractivity contribution in [1.82, 2.24) is 25.3 Å². The van der Waals surface area contributed by atoms with Crippen LogP contribution in [0, 0.1) is 17.2 Å². The maximum Gasteiger partial charge on any atom is 0.224 e. The molecular formula is C27H31ClFN5O4. The first kappa shape index (κ1) is 26.5. The molecule has 1 aromatic carbocycles. The third-order valence-electron chi connectivity index (χ3n) is 7.66. The molecule has 2 fully saturated rings. The first-order chi connectivity index (χ1) is 18.3. The molecule has 38 heavy (non-hydrogen) atoms. The highest BCUT2D eigenvalue weighted by Crippen LogP contribution is 2.59. The van der Waals surface area contributed by atoms with Gasteiger partial charge in [0.05, 0.1) is 18.3 Å². The minimum Gasteiger partial charge on any atom is -0.379 e. The largest absolute Gasteiger partial charge is 0.379 e. The standard InChI is InChI=1S/C27H31ClFN5O4/c1-34-11-9-27(10-12-34)15-19(27)26(36)30-21(16-37-13-2-3-22(35)20-8-14-38-33-20)23-24(28)32-25(31-23)17-4-6-18(29)7-5-17/h4-8,14,19,21H,2-3,9-13,15-16H2,1H3,(H,30,36)(H,31,32). The van der Waals surface area contributed by atoms with Gasteiger partial charge in [0.1, 0.15) is 23.6 Å². The number of hydrogen-bond donors (Lipinski definition) is 2. The molecule has 3 aromatic rings. The Bertz CT molecular complexity index is 1260. The molecule has 11 heteroatoms. The smallest absolute Gasteiger partial charge is 0.224 e. The molecule has 0 bridgehead atoms. The van der Waals surface area contributed by atoms with Crippen molar-refractivity contribution in [3.05, 3.63) is 59.0 Å². The Hall–Kier alpha value is -3.08. The summed E-state index contributed by atoms with van der Waals surface area (Å²) in [6.07, 6.45) is 5.04. The number of piperidine rings is 1. The van der Waals surface area contributed by atoms with Gasteiger partial charge in [-0.25, -0.2) is 9.37 Å². The lowest BCUT2D eigenvalue weighted by atomic mass is 9.91. The van der Waals surface area contributed by atoms with Crippen LogP contribution in [0.4, 0.5) is 4.39 Å². The number of imidazole rings is 1. The number of H-pyrrole nitrogens is 1. The molecule has 0 radical (unpaired) electrons. The van der Waals surface area contributed by atoms with Gasteiger partial charge in [0.2, 0.25) is 5.91 Å². The van der Waals surface area contributed by atoms with E-state index < -0.39 is 6.04 Å². The Balaban J connectivity index is 1.24. The lowest BCUT2D eigenvalue weighted by molar-refractivity contribution is -0.124. The van der Waals surface area contributed by atoms with Crippen LogP contribution in [0.1, 0.15) is 54.3 Å². The Morgan fingerprint density at radius 1 is 1.29 bits per heavy atom. The number of nitrogens with zero attached hydrogens (tertiary/aromatic N) is 3. The van der Waals surface area contributed by atoms with Gasteiger partial charge in [-0.15, -0.1) is 0 Å². The zero-order chi connectivity index (χ0) is 26.7. The number of ether oxygens (including phenoxy) is 1. The summed E-state index contributed by atoms with van der Waals surface area (Å²) < 4.78 is 24.0.